The lowest BCUT2D eigenvalue weighted by Gasteiger charge is -2.06. The topological polar surface area (TPSA) is 76.9 Å². The zero-order chi connectivity index (χ0) is 13.6. The fraction of sp³-hybridized carbons (Fsp3) is 0.600. The monoisotopic (exact) mass is 326 g/mol. The van der Waals surface area contributed by atoms with Crippen molar-refractivity contribution in [1.29, 1.82) is 0 Å². The highest BCUT2D eigenvalue weighted by Gasteiger charge is 2.11. The van der Waals surface area contributed by atoms with Gasteiger partial charge in [-0.1, -0.05) is 17.8 Å². The molecule has 0 atom stereocenters. The van der Waals surface area contributed by atoms with E-state index in [2.05, 4.69) is 22.1 Å². The van der Waals surface area contributed by atoms with E-state index in [1.54, 1.807) is 6.08 Å². The van der Waals surface area contributed by atoms with Gasteiger partial charge in [0.15, 0.2) is 5.16 Å². The van der Waals surface area contributed by atoms with Crippen LogP contribution in [0.1, 0.15) is 5.82 Å². The summed E-state index contributed by atoms with van der Waals surface area (Å²) in [7, 11) is -1.10. The van der Waals surface area contributed by atoms with Crippen LogP contribution in [0.4, 0.5) is 0 Å². The largest absolute Gasteiger partial charge is 0.313 e. The highest BCUT2D eigenvalue weighted by Crippen LogP contribution is 2.17. The van der Waals surface area contributed by atoms with E-state index in [1.807, 2.05) is 11.6 Å². The fourth-order valence-corrected chi connectivity index (χ4v) is 3.47. The number of thioether (sulfide) groups is 1. The van der Waals surface area contributed by atoms with Crippen LogP contribution < -0.4 is 5.32 Å². The Balaban J connectivity index is 0.00000324. The molecule has 0 unspecified atom stereocenters. The fourth-order valence-electron chi connectivity index (χ4n) is 1.31. The van der Waals surface area contributed by atoms with Gasteiger partial charge in [-0.2, -0.15) is 0 Å². The molecule has 0 aliphatic rings. The number of rotatable bonds is 8. The number of halogens is 1. The minimum Gasteiger partial charge on any atom is -0.313 e. The summed E-state index contributed by atoms with van der Waals surface area (Å²) in [4.78, 5) is 0. The smallest absolute Gasteiger partial charge is 0.191 e. The lowest BCUT2D eigenvalue weighted by atomic mass is 10.5. The summed E-state index contributed by atoms with van der Waals surface area (Å²) in [5.74, 6) is 1.44. The summed E-state index contributed by atoms with van der Waals surface area (Å²) in [6, 6.07) is 0. The predicted molar refractivity (Wildman–Crippen MR) is 80.7 cm³/mol. The van der Waals surface area contributed by atoms with Gasteiger partial charge in [-0.25, -0.2) is 8.42 Å². The van der Waals surface area contributed by atoms with Gasteiger partial charge in [0.05, 0.1) is 12.3 Å². The number of allylic oxidation sites excluding steroid dienone is 1. The molecule has 0 aliphatic heterocycles. The number of aromatic nitrogens is 3. The summed E-state index contributed by atoms with van der Waals surface area (Å²) in [5.41, 5.74) is 0. The van der Waals surface area contributed by atoms with Crippen LogP contribution in [-0.2, 0) is 22.9 Å². The average Bonchev–Trinajstić information content (AvgIpc) is 2.62. The van der Waals surface area contributed by atoms with Crippen molar-refractivity contribution in [2.45, 2.75) is 18.2 Å². The summed E-state index contributed by atoms with van der Waals surface area (Å²) in [5, 5.41) is 11.9. The molecule has 0 amide bonds. The highest BCUT2D eigenvalue weighted by atomic mass is 35.5. The molecule has 0 aliphatic carbocycles. The maximum atomic E-state index is 11.1. The first-order chi connectivity index (χ1) is 8.48. The second-order valence-electron chi connectivity index (χ2n) is 3.81. The van der Waals surface area contributed by atoms with Crippen molar-refractivity contribution in [1.82, 2.24) is 20.1 Å². The number of nitrogens with one attached hydrogen (secondary N) is 1. The van der Waals surface area contributed by atoms with Crippen LogP contribution in [0.3, 0.4) is 0 Å². The molecule has 0 saturated heterocycles. The van der Waals surface area contributed by atoms with Crippen LogP contribution in [0.2, 0.25) is 0 Å². The van der Waals surface area contributed by atoms with Gasteiger partial charge in [0.2, 0.25) is 0 Å². The normalized spacial score (nSPS) is 11.1. The lowest BCUT2D eigenvalue weighted by molar-refractivity contribution is 0.603. The maximum absolute atomic E-state index is 11.1. The third-order valence-corrected chi connectivity index (χ3v) is 4.30. The summed E-state index contributed by atoms with van der Waals surface area (Å²) >= 11 is 1.40. The van der Waals surface area contributed by atoms with Crippen molar-refractivity contribution in [2.24, 2.45) is 0 Å². The van der Waals surface area contributed by atoms with E-state index in [1.165, 1.54) is 18.0 Å². The number of hydrogen-bond acceptors (Lipinski definition) is 6. The van der Waals surface area contributed by atoms with Crippen LogP contribution >= 0.6 is 24.2 Å². The molecule has 110 valence electrons. The van der Waals surface area contributed by atoms with Crippen LogP contribution in [-0.4, -0.2) is 48.0 Å². The van der Waals surface area contributed by atoms with Crippen molar-refractivity contribution in [2.75, 3.05) is 24.8 Å². The van der Waals surface area contributed by atoms with Crippen molar-refractivity contribution in [3.63, 3.8) is 0 Å². The average molecular weight is 327 g/mol. The Labute approximate surface area is 124 Å². The van der Waals surface area contributed by atoms with Crippen molar-refractivity contribution >= 4 is 34.0 Å². The second kappa shape index (κ2) is 8.57. The quantitative estimate of drug-likeness (QED) is 0.561. The van der Waals surface area contributed by atoms with Gasteiger partial charge in [-0.3, -0.25) is 0 Å². The third-order valence-electron chi connectivity index (χ3n) is 2.13. The molecular formula is C10H19ClN4O2S2. The van der Waals surface area contributed by atoms with E-state index in [9.17, 15) is 8.42 Å². The number of hydrogen-bond donors (Lipinski definition) is 1. The van der Waals surface area contributed by atoms with Crippen molar-refractivity contribution < 1.29 is 8.42 Å². The second-order valence-corrected chi connectivity index (χ2v) is 7.13. The minimum atomic E-state index is -2.93. The Morgan fingerprint density at radius 3 is 2.68 bits per heavy atom. The summed E-state index contributed by atoms with van der Waals surface area (Å²) in [6.07, 6.45) is 3.00. The molecule has 0 radical (unpaired) electrons. The van der Waals surface area contributed by atoms with Gasteiger partial charge in [-0.05, 0) is 7.05 Å². The number of nitrogens with zero attached hydrogens (tertiary/aromatic N) is 3. The standard InChI is InChI=1S/C10H18N4O2S2.ClH/c1-4-5-14-9(8-11-2)12-13-10(14)17-6-7-18(3,15)16;/h4,11H,1,5-8H2,2-3H3;1H. The number of sulfone groups is 1. The van der Waals surface area contributed by atoms with Gasteiger partial charge in [0.1, 0.15) is 15.7 Å². The van der Waals surface area contributed by atoms with Crippen LogP contribution in [0.5, 0.6) is 0 Å². The Morgan fingerprint density at radius 2 is 2.16 bits per heavy atom. The van der Waals surface area contributed by atoms with Crippen LogP contribution in [0.25, 0.3) is 0 Å². The SMILES string of the molecule is C=CCn1c(CNC)nnc1SCCS(C)(=O)=O.Cl. The Kier molecular flexibility index (Phi) is 8.31. The predicted octanol–water partition coefficient (Wildman–Crippen LogP) is 0.742. The Bertz CT molecular complexity index is 502. The molecule has 1 aromatic rings. The first-order valence-corrected chi connectivity index (χ1v) is 8.50. The molecule has 1 heterocycles. The zero-order valence-corrected chi connectivity index (χ0v) is 13.4. The molecule has 9 heteroatoms. The molecule has 0 aromatic carbocycles. The molecule has 6 nitrogen and oxygen atoms in total. The van der Waals surface area contributed by atoms with E-state index in [4.69, 9.17) is 0 Å². The van der Waals surface area contributed by atoms with Gasteiger partial charge in [0, 0.05) is 18.6 Å². The molecule has 1 N–H and O–H groups in total. The summed E-state index contributed by atoms with van der Waals surface area (Å²) < 4.78 is 24.0. The molecule has 0 bridgehead atoms. The third kappa shape index (κ3) is 6.42. The van der Waals surface area contributed by atoms with Gasteiger partial charge < -0.3 is 9.88 Å². The van der Waals surface area contributed by atoms with Gasteiger partial charge in [0.25, 0.3) is 0 Å². The zero-order valence-electron chi connectivity index (χ0n) is 11.0. The molecule has 0 spiro atoms. The molecule has 19 heavy (non-hydrogen) atoms. The lowest BCUT2D eigenvalue weighted by Crippen LogP contribution is -2.13. The minimum absolute atomic E-state index is 0. The summed E-state index contributed by atoms with van der Waals surface area (Å²) in [6.45, 7) is 4.93. The van der Waals surface area contributed by atoms with E-state index in [0.29, 0.717) is 18.8 Å². The molecule has 1 aromatic heterocycles. The molecule has 0 saturated carbocycles. The van der Waals surface area contributed by atoms with Gasteiger partial charge in [-0.15, -0.1) is 29.2 Å². The Hall–Kier alpha value is -0.570. The van der Waals surface area contributed by atoms with Crippen LogP contribution in [0, 0.1) is 0 Å². The van der Waals surface area contributed by atoms with E-state index >= 15 is 0 Å². The Morgan fingerprint density at radius 1 is 1.47 bits per heavy atom. The molecule has 1 rings (SSSR count). The van der Waals surface area contributed by atoms with E-state index < -0.39 is 9.84 Å². The van der Waals surface area contributed by atoms with Crippen molar-refractivity contribution in [3.8, 4) is 0 Å². The van der Waals surface area contributed by atoms with Crippen molar-refractivity contribution in [3.05, 3.63) is 18.5 Å². The molecule has 0 fully saturated rings. The van der Waals surface area contributed by atoms with Gasteiger partial charge >= 0.3 is 0 Å². The van der Waals surface area contributed by atoms with E-state index in [-0.39, 0.29) is 18.2 Å². The maximum Gasteiger partial charge on any atom is 0.191 e. The van der Waals surface area contributed by atoms with E-state index in [0.717, 1.165) is 11.0 Å². The van der Waals surface area contributed by atoms with Crippen LogP contribution in [0.15, 0.2) is 17.8 Å². The first kappa shape index (κ1) is 18.4. The first-order valence-electron chi connectivity index (χ1n) is 5.46. The molecular weight excluding hydrogens is 308 g/mol. The highest BCUT2D eigenvalue weighted by molar-refractivity contribution is 8.00.